The quantitative estimate of drug-likeness (QED) is 0.770. The minimum absolute atomic E-state index is 0.0247. The molecule has 0 fully saturated rings. The van der Waals surface area contributed by atoms with Gasteiger partial charge in [-0.15, -0.1) is 0 Å². The van der Waals surface area contributed by atoms with Crippen LogP contribution >= 0.6 is 0 Å². The highest BCUT2D eigenvalue weighted by molar-refractivity contribution is 5.96. The molecule has 27 heavy (non-hydrogen) atoms. The van der Waals surface area contributed by atoms with Gasteiger partial charge in [0.15, 0.2) is 5.76 Å². The van der Waals surface area contributed by atoms with Gasteiger partial charge in [0.25, 0.3) is 5.56 Å². The Balaban J connectivity index is 1.67. The number of fused-ring (bicyclic) bond motifs is 1. The number of nitrogens with two attached hydrogens (primary N) is 1. The van der Waals surface area contributed by atoms with E-state index in [2.05, 4.69) is 5.10 Å². The first-order chi connectivity index (χ1) is 12.9. The summed E-state index contributed by atoms with van der Waals surface area (Å²) in [5, 5.41) is 4.29. The van der Waals surface area contributed by atoms with Crippen LogP contribution in [0.5, 0.6) is 0 Å². The van der Waals surface area contributed by atoms with Crippen molar-refractivity contribution in [1.29, 1.82) is 0 Å². The SMILES string of the molecule is Cc1ccc(-c2cc(N)c(=O)n(CC(=O)N3c4ccccc4C[C@@H]3C)n2)o1. The molecule has 0 unspecified atom stereocenters. The van der Waals surface area contributed by atoms with Crippen molar-refractivity contribution in [2.45, 2.75) is 32.9 Å². The lowest BCUT2D eigenvalue weighted by molar-refractivity contribution is -0.119. The molecular weight excluding hydrogens is 344 g/mol. The van der Waals surface area contributed by atoms with Crippen molar-refractivity contribution in [3.63, 3.8) is 0 Å². The second kappa shape index (κ2) is 6.42. The standard InChI is InChI=1S/C20H20N4O3/c1-12-9-14-5-3-4-6-17(14)24(12)19(25)11-23-20(26)15(21)10-16(22-23)18-8-7-13(2)27-18/h3-8,10,12H,9,11,21H2,1-2H3/t12-/m0/s1. The zero-order chi connectivity index (χ0) is 19.1. The molecule has 0 spiro atoms. The summed E-state index contributed by atoms with van der Waals surface area (Å²) >= 11 is 0. The number of aromatic nitrogens is 2. The highest BCUT2D eigenvalue weighted by atomic mass is 16.3. The van der Waals surface area contributed by atoms with Crippen LogP contribution in [0.4, 0.5) is 11.4 Å². The molecule has 0 bridgehead atoms. The van der Waals surface area contributed by atoms with Crippen LogP contribution in [-0.4, -0.2) is 21.7 Å². The Kier molecular flexibility index (Phi) is 4.07. The maximum absolute atomic E-state index is 13.0. The molecule has 7 nitrogen and oxygen atoms in total. The summed E-state index contributed by atoms with van der Waals surface area (Å²) in [6, 6.07) is 12.8. The van der Waals surface area contributed by atoms with E-state index in [4.69, 9.17) is 10.2 Å². The second-order valence-corrected chi connectivity index (χ2v) is 6.80. The van der Waals surface area contributed by atoms with E-state index in [9.17, 15) is 9.59 Å². The van der Waals surface area contributed by atoms with E-state index in [-0.39, 0.29) is 24.2 Å². The van der Waals surface area contributed by atoms with Crippen LogP contribution in [0.15, 0.2) is 51.7 Å². The molecule has 0 saturated heterocycles. The maximum atomic E-state index is 13.0. The number of carbonyl (C=O) groups excluding carboxylic acids is 1. The number of carbonyl (C=O) groups is 1. The molecule has 138 valence electrons. The average Bonchev–Trinajstić information content (AvgIpc) is 3.21. The Labute approximate surface area is 156 Å². The van der Waals surface area contributed by atoms with Crippen LogP contribution in [0.2, 0.25) is 0 Å². The minimum Gasteiger partial charge on any atom is -0.460 e. The van der Waals surface area contributed by atoms with Crippen molar-refractivity contribution >= 4 is 17.3 Å². The van der Waals surface area contributed by atoms with Crippen LogP contribution < -0.4 is 16.2 Å². The molecule has 1 aromatic carbocycles. The fourth-order valence-electron chi connectivity index (χ4n) is 3.51. The van der Waals surface area contributed by atoms with Crippen molar-refractivity contribution in [1.82, 2.24) is 9.78 Å². The largest absolute Gasteiger partial charge is 0.460 e. The summed E-state index contributed by atoms with van der Waals surface area (Å²) < 4.78 is 6.67. The van der Waals surface area contributed by atoms with Gasteiger partial charge in [-0.25, -0.2) is 4.68 Å². The molecule has 4 rings (SSSR count). The normalized spacial score (nSPS) is 15.8. The van der Waals surface area contributed by atoms with E-state index in [0.29, 0.717) is 11.5 Å². The smallest absolute Gasteiger partial charge is 0.290 e. The van der Waals surface area contributed by atoms with Gasteiger partial charge in [0, 0.05) is 11.7 Å². The molecular formula is C20H20N4O3. The summed E-state index contributed by atoms with van der Waals surface area (Å²) in [6.07, 6.45) is 0.790. The number of nitrogen functional groups attached to an aromatic ring is 1. The molecule has 0 aliphatic carbocycles. The summed E-state index contributed by atoms with van der Waals surface area (Å²) in [7, 11) is 0. The van der Waals surface area contributed by atoms with Gasteiger partial charge in [-0.3, -0.25) is 9.59 Å². The zero-order valence-electron chi connectivity index (χ0n) is 15.2. The van der Waals surface area contributed by atoms with E-state index < -0.39 is 5.56 Å². The average molecular weight is 364 g/mol. The van der Waals surface area contributed by atoms with Crippen molar-refractivity contribution in [2.24, 2.45) is 0 Å². The first kappa shape index (κ1) is 17.1. The van der Waals surface area contributed by atoms with Crippen molar-refractivity contribution in [2.75, 3.05) is 10.6 Å². The minimum atomic E-state index is -0.490. The van der Waals surface area contributed by atoms with Gasteiger partial charge in [0.2, 0.25) is 5.91 Å². The van der Waals surface area contributed by atoms with Crippen LogP contribution in [0.1, 0.15) is 18.2 Å². The number of furan rings is 1. The van der Waals surface area contributed by atoms with E-state index >= 15 is 0 Å². The van der Waals surface area contributed by atoms with Crippen molar-refractivity contribution < 1.29 is 9.21 Å². The fourth-order valence-corrected chi connectivity index (χ4v) is 3.51. The van der Waals surface area contributed by atoms with Crippen LogP contribution in [0.25, 0.3) is 11.5 Å². The molecule has 1 atom stereocenters. The van der Waals surface area contributed by atoms with Crippen molar-refractivity contribution in [3.8, 4) is 11.5 Å². The molecule has 0 saturated carbocycles. The van der Waals surface area contributed by atoms with Gasteiger partial charge in [-0.1, -0.05) is 18.2 Å². The van der Waals surface area contributed by atoms with Crippen LogP contribution in [0, 0.1) is 6.92 Å². The summed E-state index contributed by atoms with van der Waals surface area (Å²) in [4.78, 5) is 27.1. The number of benzene rings is 1. The van der Waals surface area contributed by atoms with Crippen molar-refractivity contribution in [3.05, 3.63) is 64.1 Å². The molecule has 2 aromatic heterocycles. The number of hydrogen-bond donors (Lipinski definition) is 1. The molecule has 1 amide bonds. The Morgan fingerprint density at radius 2 is 2.07 bits per heavy atom. The topological polar surface area (TPSA) is 94.4 Å². The lowest BCUT2D eigenvalue weighted by Crippen LogP contribution is -2.41. The maximum Gasteiger partial charge on any atom is 0.290 e. The van der Waals surface area contributed by atoms with Gasteiger partial charge in [0.05, 0.1) is 0 Å². The Hall–Kier alpha value is -3.35. The van der Waals surface area contributed by atoms with E-state index in [1.807, 2.05) is 38.1 Å². The van der Waals surface area contributed by atoms with Gasteiger partial charge in [-0.2, -0.15) is 5.10 Å². The predicted octanol–water partition coefficient (Wildman–Crippen LogP) is 2.37. The van der Waals surface area contributed by atoms with Crippen LogP contribution in [-0.2, 0) is 17.8 Å². The first-order valence-corrected chi connectivity index (χ1v) is 8.78. The van der Waals surface area contributed by atoms with Gasteiger partial charge in [0.1, 0.15) is 23.7 Å². The molecule has 7 heteroatoms. The van der Waals surface area contributed by atoms with Gasteiger partial charge in [-0.05, 0) is 50.1 Å². The van der Waals surface area contributed by atoms with E-state index in [1.54, 1.807) is 17.0 Å². The van der Waals surface area contributed by atoms with E-state index in [1.165, 1.54) is 6.07 Å². The highest BCUT2D eigenvalue weighted by Gasteiger charge is 2.31. The molecule has 0 radical (unpaired) electrons. The monoisotopic (exact) mass is 364 g/mol. The highest BCUT2D eigenvalue weighted by Crippen LogP contribution is 2.32. The summed E-state index contributed by atoms with van der Waals surface area (Å²) in [5.74, 6) is 1.02. The molecule has 3 aromatic rings. The van der Waals surface area contributed by atoms with Gasteiger partial charge >= 0.3 is 0 Å². The van der Waals surface area contributed by atoms with Crippen LogP contribution in [0.3, 0.4) is 0 Å². The third-order valence-electron chi connectivity index (χ3n) is 4.76. The zero-order valence-corrected chi connectivity index (χ0v) is 15.2. The number of anilines is 2. The fraction of sp³-hybridized carbons (Fsp3) is 0.250. The Bertz CT molecular complexity index is 1080. The number of hydrogen-bond acceptors (Lipinski definition) is 5. The third kappa shape index (κ3) is 3.01. The first-order valence-electron chi connectivity index (χ1n) is 8.78. The lowest BCUT2D eigenvalue weighted by Gasteiger charge is -2.23. The molecule has 3 heterocycles. The predicted molar refractivity (Wildman–Crippen MR) is 102 cm³/mol. The number of rotatable bonds is 3. The summed E-state index contributed by atoms with van der Waals surface area (Å²) in [6.45, 7) is 3.62. The number of para-hydroxylation sites is 1. The lowest BCUT2D eigenvalue weighted by atomic mass is 10.1. The summed E-state index contributed by atoms with van der Waals surface area (Å²) in [5.41, 5.74) is 7.82. The molecule has 2 N–H and O–H groups in total. The molecule has 1 aliphatic heterocycles. The Morgan fingerprint density at radius 3 is 2.81 bits per heavy atom. The second-order valence-electron chi connectivity index (χ2n) is 6.80. The number of aryl methyl sites for hydroxylation is 1. The van der Waals surface area contributed by atoms with Gasteiger partial charge < -0.3 is 15.1 Å². The Morgan fingerprint density at radius 1 is 1.30 bits per heavy atom. The third-order valence-corrected chi connectivity index (χ3v) is 4.76. The number of nitrogens with zero attached hydrogens (tertiary/aromatic N) is 3. The number of amides is 1. The van der Waals surface area contributed by atoms with E-state index in [0.717, 1.165) is 28.1 Å². The molecule has 1 aliphatic rings.